The van der Waals surface area contributed by atoms with E-state index in [0.29, 0.717) is 5.92 Å². The highest BCUT2D eigenvalue weighted by molar-refractivity contribution is 5.22. The molecule has 0 fully saturated rings. The van der Waals surface area contributed by atoms with Crippen LogP contribution in [0.15, 0.2) is 24.3 Å². The summed E-state index contributed by atoms with van der Waals surface area (Å²) in [6.07, 6.45) is 1.11. The van der Waals surface area contributed by atoms with Crippen molar-refractivity contribution in [1.82, 2.24) is 0 Å². The van der Waals surface area contributed by atoms with Gasteiger partial charge in [-0.1, -0.05) is 53.7 Å². The van der Waals surface area contributed by atoms with Crippen molar-refractivity contribution in [1.29, 1.82) is 0 Å². The molecule has 0 heterocycles. The van der Waals surface area contributed by atoms with Crippen molar-refractivity contribution in [2.75, 3.05) is 0 Å². The van der Waals surface area contributed by atoms with E-state index in [0.717, 1.165) is 6.42 Å². The molecule has 0 nitrogen and oxygen atoms in total. The molecule has 0 spiro atoms. The summed E-state index contributed by atoms with van der Waals surface area (Å²) >= 11 is 0. The van der Waals surface area contributed by atoms with Crippen LogP contribution in [0.4, 0.5) is 4.39 Å². The Bertz CT molecular complexity index is 349. The molecule has 0 aliphatic carbocycles. The zero-order valence-electron chi connectivity index (χ0n) is 12.0. The second kappa shape index (κ2) is 4.80. The zero-order chi connectivity index (χ0) is 13.3. The molecule has 1 heteroatoms. The summed E-state index contributed by atoms with van der Waals surface area (Å²) in [4.78, 5) is 0. The fourth-order valence-corrected chi connectivity index (χ4v) is 2.23. The van der Waals surface area contributed by atoms with Gasteiger partial charge >= 0.3 is 0 Å². The number of halogens is 1. The van der Waals surface area contributed by atoms with E-state index in [1.54, 1.807) is 12.1 Å². The van der Waals surface area contributed by atoms with Crippen molar-refractivity contribution in [2.24, 2.45) is 10.8 Å². The largest absolute Gasteiger partial charge is 0.207 e. The zero-order valence-corrected chi connectivity index (χ0v) is 12.0. The first kappa shape index (κ1) is 14.2. The van der Waals surface area contributed by atoms with E-state index in [2.05, 4.69) is 41.5 Å². The molecule has 0 amide bonds. The summed E-state index contributed by atoms with van der Waals surface area (Å²) in [5.74, 6) is 0.306. The molecule has 1 rings (SSSR count). The molecule has 1 aromatic carbocycles. The Morgan fingerprint density at radius 1 is 0.941 bits per heavy atom. The lowest BCUT2D eigenvalue weighted by Crippen LogP contribution is -2.23. The average molecular weight is 236 g/mol. The highest BCUT2D eigenvalue weighted by atomic mass is 19.1. The Kier molecular flexibility index (Phi) is 4.01. The van der Waals surface area contributed by atoms with E-state index in [1.807, 2.05) is 12.1 Å². The van der Waals surface area contributed by atoms with Crippen molar-refractivity contribution >= 4 is 0 Å². The lowest BCUT2D eigenvalue weighted by molar-refractivity contribution is 0.229. The highest BCUT2D eigenvalue weighted by Gasteiger charge is 2.30. The highest BCUT2D eigenvalue weighted by Crippen LogP contribution is 2.42. The van der Waals surface area contributed by atoms with E-state index >= 15 is 0 Å². The molecule has 0 radical (unpaired) electrons. The molecule has 1 atom stereocenters. The van der Waals surface area contributed by atoms with Gasteiger partial charge in [0, 0.05) is 0 Å². The van der Waals surface area contributed by atoms with Crippen LogP contribution >= 0.6 is 0 Å². The van der Waals surface area contributed by atoms with Crippen molar-refractivity contribution in [3.05, 3.63) is 35.6 Å². The van der Waals surface area contributed by atoms with Crippen LogP contribution in [0.5, 0.6) is 0 Å². The van der Waals surface area contributed by atoms with Gasteiger partial charge in [0.1, 0.15) is 5.82 Å². The van der Waals surface area contributed by atoms with Crippen molar-refractivity contribution in [3.63, 3.8) is 0 Å². The third-order valence-electron chi connectivity index (χ3n) is 3.13. The molecule has 1 unspecified atom stereocenters. The van der Waals surface area contributed by atoms with E-state index in [9.17, 15) is 4.39 Å². The number of hydrogen-bond donors (Lipinski definition) is 0. The van der Waals surface area contributed by atoms with Crippen LogP contribution < -0.4 is 0 Å². The monoisotopic (exact) mass is 236 g/mol. The van der Waals surface area contributed by atoms with Crippen LogP contribution in [0.1, 0.15) is 59.4 Å². The van der Waals surface area contributed by atoms with Crippen molar-refractivity contribution < 1.29 is 4.39 Å². The van der Waals surface area contributed by atoms with Crippen molar-refractivity contribution in [2.45, 2.75) is 53.9 Å². The lowest BCUT2D eigenvalue weighted by atomic mass is 9.69. The van der Waals surface area contributed by atoms with Gasteiger partial charge in [0.05, 0.1) is 0 Å². The Morgan fingerprint density at radius 3 is 1.76 bits per heavy atom. The average Bonchev–Trinajstić information content (AvgIpc) is 2.13. The summed E-state index contributed by atoms with van der Waals surface area (Å²) in [5, 5.41) is 0. The maximum absolute atomic E-state index is 13.0. The van der Waals surface area contributed by atoms with Gasteiger partial charge in [-0.15, -0.1) is 0 Å². The predicted molar refractivity (Wildman–Crippen MR) is 72.7 cm³/mol. The maximum atomic E-state index is 13.0. The molecular formula is C16H25F. The van der Waals surface area contributed by atoms with Gasteiger partial charge < -0.3 is 0 Å². The summed E-state index contributed by atoms with van der Waals surface area (Å²) in [6, 6.07) is 6.99. The number of hydrogen-bond acceptors (Lipinski definition) is 0. The Labute approximate surface area is 105 Å². The number of benzene rings is 1. The molecule has 0 aromatic heterocycles. The molecule has 0 aliphatic heterocycles. The molecule has 96 valence electrons. The minimum absolute atomic E-state index is 0.155. The van der Waals surface area contributed by atoms with E-state index in [4.69, 9.17) is 0 Å². The second-order valence-electron chi connectivity index (χ2n) is 7.23. The standard InChI is InChI=1S/C16H25F/c1-15(2,3)11-14(16(4,5)6)12-7-9-13(17)10-8-12/h7-10,14H,11H2,1-6H3. The maximum Gasteiger partial charge on any atom is 0.123 e. The first-order valence-electron chi connectivity index (χ1n) is 6.35. The van der Waals surface area contributed by atoms with Crippen LogP contribution in [0.3, 0.4) is 0 Å². The van der Waals surface area contributed by atoms with Gasteiger partial charge in [-0.3, -0.25) is 0 Å². The molecule has 0 bridgehead atoms. The van der Waals surface area contributed by atoms with Gasteiger partial charge in [0.25, 0.3) is 0 Å². The third kappa shape index (κ3) is 4.49. The molecule has 17 heavy (non-hydrogen) atoms. The first-order valence-corrected chi connectivity index (χ1v) is 6.35. The second-order valence-corrected chi connectivity index (χ2v) is 7.23. The fraction of sp³-hybridized carbons (Fsp3) is 0.625. The van der Waals surface area contributed by atoms with E-state index < -0.39 is 0 Å². The normalized spacial score (nSPS) is 14.8. The quantitative estimate of drug-likeness (QED) is 0.645. The Balaban J connectivity index is 3.03. The first-order chi connectivity index (χ1) is 7.59. The molecule has 1 aromatic rings. The molecular weight excluding hydrogens is 211 g/mol. The smallest absolute Gasteiger partial charge is 0.123 e. The van der Waals surface area contributed by atoms with Crippen LogP contribution in [0.25, 0.3) is 0 Å². The van der Waals surface area contributed by atoms with E-state index in [1.165, 1.54) is 5.56 Å². The van der Waals surface area contributed by atoms with Gasteiger partial charge in [-0.2, -0.15) is 0 Å². The molecule has 0 N–H and O–H groups in total. The van der Waals surface area contributed by atoms with Gasteiger partial charge in [0.15, 0.2) is 0 Å². The SMILES string of the molecule is CC(C)(C)CC(c1ccc(F)cc1)C(C)(C)C. The summed E-state index contributed by atoms with van der Waals surface area (Å²) in [7, 11) is 0. The topological polar surface area (TPSA) is 0 Å². The predicted octanol–water partition coefficient (Wildman–Crippen LogP) is 5.39. The van der Waals surface area contributed by atoms with Gasteiger partial charge in [-0.25, -0.2) is 4.39 Å². The Morgan fingerprint density at radius 2 is 1.41 bits per heavy atom. The summed E-state index contributed by atoms with van der Waals surface area (Å²) in [6.45, 7) is 13.5. The van der Waals surface area contributed by atoms with Crippen molar-refractivity contribution in [3.8, 4) is 0 Å². The van der Waals surface area contributed by atoms with Crippen LogP contribution in [0, 0.1) is 16.6 Å². The minimum Gasteiger partial charge on any atom is -0.207 e. The van der Waals surface area contributed by atoms with E-state index in [-0.39, 0.29) is 16.6 Å². The Hall–Kier alpha value is -0.850. The fourth-order valence-electron chi connectivity index (χ4n) is 2.23. The summed E-state index contributed by atoms with van der Waals surface area (Å²) in [5.41, 5.74) is 1.73. The summed E-state index contributed by atoms with van der Waals surface area (Å²) < 4.78 is 13.0. The third-order valence-corrected chi connectivity index (χ3v) is 3.13. The van der Waals surface area contributed by atoms with Gasteiger partial charge in [0.2, 0.25) is 0 Å². The lowest BCUT2D eigenvalue weighted by Gasteiger charge is -2.36. The molecule has 0 saturated heterocycles. The van der Waals surface area contributed by atoms with Crippen LogP contribution in [0.2, 0.25) is 0 Å². The molecule has 0 aliphatic rings. The van der Waals surface area contributed by atoms with Crippen LogP contribution in [-0.2, 0) is 0 Å². The number of rotatable bonds is 2. The van der Waals surface area contributed by atoms with Crippen LogP contribution in [-0.4, -0.2) is 0 Å². The molecule has 0 saturated carbocycles. The van der Waals surface area contributed by atoms with Gasteiger partial charge in [-0.05, 0) is 40.9 Å². The minimum atomic E-state index is -0.155.